The molecular weight excluding hydrogens is 402 g/mol. The second kappa shape index (κ2) is 9.45. The highest BCUT2D eigenvalue weighted by Crippen LogP contribution is 2.32. The molecule has 2 N–H and O–H groups in total. The normalized spacial score (nSPS) is 11.4. The average Bonchev–Trinajstić information content (AvgIpc) is 3.22. The van der Waals surface area contributed by atoms with Crippen LogP contribution in [-0.4, -0.2) is 53.5 Å². The van der Waals surface area contributed by atoms with Gasteiger partial charge in [-0.05, 0) is 49.5 Å². The number of pyridine rings is 2. The molecule has 3 heterocycles. The molecule has 32 heavy (non-hydrogen) atoms. The lowest BCUT2D eigenvalue weighted by Gasteiger charge is -2.08. The number of methoxy groups -OCH3 is 1. The predicted octanol–water partition coefficient (Wildman–Crippen LogP) is 4.36. The van der Waals surface area contributed by atoms with Gasteiger partial charge in [0.2, 0.25) is 11.8 Å². The number of hydrogen-bond donors (Lipinski definition) is 2. The maximum Gasteiger partial charge on any atom is 0.248 e. The van der Waals surface area contributed by atoms with Crippen LogP contribution in [0.4, 0.5) is 5.69 Å². The van der Waals surface area contributed by atoms with Crippen LogP contribution < -0.4 is 10.1 Å². The van der Waals surface area contributed by atoms with Crippen molar-refractivity contribution in [3.8, 4) is 28.1 Å². The van der Waals surface area contributed by atoms with Crippen LogP contribution in [0.1, 0.15) is 0 Å². The molecule has 0 spiro atoms. The minimum atomic E-state index is -0.155. The van der Waals surface area contributed by atoms with Crippen LogP contribution >= 0.6 is 0 Å². The molecule has 162 valence electrons. The molecule has 7 nitrogen and oxygen atoms in total. The van der Waals surface area contributed by atoms with E-state index in [1.54, 1.807) is 19.4 Å². The highest BCUT2D eigenvalue weighted by molar-refractivity contribution is 6.00. The minimum Gasteiger partial charge on any atom is -0.481 e. The third-order valence-corrected chi connectivity index (χ3v) is 4.99. The van der Waals surface area contributed by atoms with E-state index in [4.69, 9.17) is 4.74 Å². The Kier molecular flexibility index (Phi) is 6.28. The summed E-state index contributed by atoms with van der Waals surface area (Å²) in [6.07, 6.45) is 8.87. The Labute approximate surface area is 186 Å². The Bertz CT molecular complexity index is 1280. The number of carbonyl (C=O) groups excluding carboxylic acids is 1. The summed E-state index contributed by atoms with van der Waals surface area (Å²) in [6.45, 7) is 0.710. The van der Waals surface area contributed by atoms with E-state index in [0.29, 0.717) is 12.4 Å². The zero-order valence-electron chi connectivity index (χ0n) is 18.3. The minimum absolute atomic E-state index is 0.155. The number of ether oxygens (including phenoxy) is 1. The second-order valence-electron chi connectivity index (χ2n) is 7.64. The molecule has 0 aliphatic carbocycles. The Morgan fingerprint density at radius 1 is 1.12 bits per heavy atom. The number of fused-ring (bicyclic) bond motifs is 1. The van der Waals surface area contributed by atoms with Crippen molar-refractivity contribution < 1.29 is 9.53 Å². The van der Waals surface area contributed by atoms with Crippen LogP contribution in [-0.2, 0) is 4.79 Å². The Morgan fingerprint density at radius 2 is 2.00 bits per heavy atom. The van der Waals surface area contributed by atoms with Crippen LogP contribution in [0, 0.1) is 0 Å². The summed E-state index contributed by atoms with van der Waals surface area (Å²) in [4.78, 5) is 26.2. The lowest BCUT2D eigenvalue weighted by atomic mass is 10.0. The van der Waals surface area contributed by atoms with Gasteiger partial charge in [-0.3, -0.25) is 4.79 Å². The number of anilines is 1. The molecule has 0 aliphatic heterocycles. The van der Waals surface area contributed by atoms with Crippen LogP contribution in [0.5, 0.6) is 5.88 Å². The summed E-state index contributed by atoms with van der Waals surface area (Å²) in [7, 11) is 5.51. The maximum absolute atomic E-state index is 12.2. The number of rotatable bonds is 7. The molecule has 0 unspecified atom stereocenters. The molecule has 7 heteroatoms. The van der Waals surface area contributed by atoms with Gasteiger partial charge in [0.25, 0.3) is 0 Å². The number of benzene rings is 1. The van der Waals surface area contributed by atoms with Gasteiger partial charge >= 0.3 is 0 Å². The molecule has 1 amide bonds. The van der Waals surface area contributed by atoms with E-state index in [0.717, 1.165) is 39.0 Å². The Hall–Kier alpha value is -3.97. The fraction of sp³-hybridized carbons (Fsp3) is 0.160. The van der Waals surface area contributed by atoms with Crippen molar-refractivity contribution in [2.45, 2.75) is 0 Å². The highest BCUT2D eigenvalue weighted by Gasteiger charge is 2.11. The SMILES string of the molecule is COc1cc(-c2c[nH]c3ncc(-c4cccc(NC(=O)C=CCN(C)C)c4)cc23)ccn1. The number of aromatic nitrogens is 3. The summed E-state index contributed by atoms with van der Waals surface area (Å²) in [5.41, 5.74) is 5.47. The molecule has 0 bridgehead atoms. The Balaban J connectivity index is 1.62. The quantitative estimate of drug-likeness (QED) is 0.428. The van der Waals surface area contributed by atoms with Crippen LogP contribution in [0.25, 0.3) is 33.3 Å². The van der Waals surface area contributed by atoms with Crippen LogP contribution in [0.15, 0.2) is 73.2 Å². The largest absolute Gasteiger partial charge is 0.481 e. The van der Waals surface area contributed by atoms with Crippen molar-refractivity contribution in [3.63, 3.8) is 0 Å². The average molecular weight is 428 g/mol. The maximum atomic E-state index is 12.2. The summed E-state index contributed by atoms with van der Waals surface area (Å²) in [6, 6.07) is 13.7. The third kappa shape index (κ3) is 4.84. The summed E-state index contributed by atoms with van der Waals surface area (Å²) < 4.78 is 5.26. The molecule has 0 radical (unpaired) electrons. The first-order valence-corrected chi connectivity index (χ1v) is 10.2. The zero-order chi connectivity index (χ0) is 22.5. The first kappa shape index (κ1) is 21.3. The molecule has 0 saturated heterocycles. The standard InChI is InChI=1S/C25H25N5O2/c1-30(2)11-5-8-23(31)29-20-7-4-6-17(12-20)19-13-21-22(16-28-25(21)27-15-19)18-9-10-26-24(14-18)32-3/h4-10,12-16H,11H2,1-3H3,(H,27,28)(H,29,31). The number of aromatic amines is 1. The molecule has 0 fully saturated rings. The number of nitrogens with zero attached hydrogens (tertiary/aromatic N) is 3. The number of carbonyl (C=O) groups is 1. The van der Waals surface area contributed by atoms with Gasteiger partial charge in [0.15, 0.2) is 0 Å². The lowest BCUT2D eigenvalue weighted by molar-refractivity contribution is -0.111. The van der Waals surface area contributed by atoms with Crippen molar-refractivity contribution in [2.24, 2.45) is 0 Å². The van der Waals surface area contributed by atoms with E-state index in [1.165, 1.54) is 0 Å². The van der Waals surface area contributed by atoms with Crippen molar-refractivity contribution in [1.82, 2.24) is 19.9 Å². The van der Waals surface area contributed by atoms with Gasteiger partial charge in [0.05, 0.1) is 7.11 Å². The van der Waals surface area contributed by atoms with Gasteiger partial charge in [-0.1, -0.05) is 18.2 Å². The summed E-state index contributed by atoms with van der Waals surface area (Å²) in [5, 5.41) is 3.91. The zero-order valence-corrected chi connectivity index (χ0v) is 18.3. The molecule has 1 aromatic carbocycles. The summed E-state index contributed by atoms with van der Waals surface area (Å²) in [5.74, 6) is 0.404. The van der Waals surface area contributed by atoms with Gasteiger partial charge in [-0.2, -0.15) is 0 Å². The number of hydrogen-bond acceptors (Lipinski definition) is 5. The first-order valence-electron chi connectivity index (χ1n) is 10.2. The fourth-order valence-electron chi connectivity index (χ4n) is 3.42. The van der Waals surface area contributed by atoms with Gasteiger partial charge in [0, 0.05) is 59.5 Å². The first-order chi connectivity index (χ1) is 15.5. The molecule has 0 aliphatic rings. The van der Waals surface area contributed by atoms with E-state index in [1.807, 2.05) is 73.9 Å². The van der Waals surface area contributed by atoms with Crippen LogP contribution in [0.2, 0.25) is 0 Å². The van der Waals surface area contributed by atoms with Gasteiger partial charge in [0.1, 0.15) is 5.65 Å². The van der Waals surface area contributed by atoms with Gasteiger partial charge in [-0.25, -0.2) is 9.97 Å². The predicted molar refractivity (Wildman–Crippen MR) is 128 cm³/mol. The van der Waals surface area contributed by atoms with Gasteiger partial charge < -0.3 is 19.9 Å². The summed E-state index contributed by atoms with van der Waals surface area (Å²) >= 11 is 0. The van der Waals surface area contributed by atoms with E-state index < -0.39 is 0 Å². The van der Waals surface area contributed by atoms with Crippen molar-refractivity contribution in [2.75, 3.05) is 33.1 Å². The van der Waals surface area contributed by atoms with E-state index in [2.05, 4.69) is 26.3 Å². The fourth-order valence-corrected chi connectivity index (χ4v) is 3.42. The number of likely N-dealkylation sites (N-methyl/N-ethyl adjacent to an activating group) is 1. The lowest BCUT2D eigenvalue weighted by Crippen LogP contribution is -2.12. The second-order valence-corrected chi connectivity index (χ2v) is 7.64. The smallest absolute Gasteiger partial charge is 0.248 e. The molecule has 0 saturated carbocycles. The van der Waals surface area contributed by atoms with E-state index in [9.17, 15) is 4.79 Å². The molecule has 4 aromatic rings. The highest BCUT2D eigenvalue weighted by atomic mass is 16.5. The molecule has 3 aromatic heterocycles. The van der Waals surface area contributed by atoms with Crippen molar-refractivity contribution in [1.29, 1.82) is 0 Å². The van der Waals surface area contributed by atoms with Gasteiger partial charge in [-0.15, -0.1) is 0 Å². The number of amides is 1. The monoisotopic (exact) mass is 427 g/mol. The third-order valence-electron chi connectivity index (χ3n) is 4.99. The molecule has 4 rings (SSSR count). The number of nitrogens with one attached hydrogen (secondary N) is 2. The van der Waals surface area contributed by atoms with Crippen molar-refractivity contribution >= 4 is 22.6 Å². The van der Waals surface area contributed by atoms with Crippen molar-refractivity contribution in [3.05, 3.63) is 73.2 Å². The number of H-pyrrole nitrogens is 1. The van der Waals surface area contributed by atoms with Crippen LogP contribution in [0.3, 0.4) is 0 Å². The van der Waals surface area contributed by atoms with E-state index in [-0.39, 0.29) is 5.91 Å². The topological polar surface area (TPSA) is 83.1 Å². The molecular formula is C25H25N5O2. The molecule has 0 atom stereocenters. The van der Waals surface area contributed by atoms with E-state index >= 15 is 0 Å². The Morgan fingerprint density at radius 3 is 2.81 bits per heavy atom.